The maximum absolute atomic E-state index is 6.15. The molecule has 0 saturated carbocycles. The molecule has 0 amide bonds. The van der Waals surface area contributed by atoms with E-state index in [4.69, 9.17) is 13.9 Å². The summed E-state index contributed by atoms with van der Waals surface area (Å²) in [7, 11) is 0. The molecule has 0 N–H and O–H groups in total. The third-order valence-corrected chi connectivity index (χ3v) is 5.12. The van der Waals surface area contributed by atoms with E-state index in [2.05, 4.69) is 37.7 Å². The van der Waals surface area contributed by atoms with Crippen molar-refractivity contribution in [3.05, 3.63) is 35.1 Å². The second-order valence-corrected chi connectivity index (χ2v) is 7.84. The Bertz CT molecular complexity index is 934. The molecule has 1 aromatic heterocycles. The normalized spacial score (nSPS) is 23.9. The highest BCUT2D eigenvalue weighted by Gasteiger charge is 2.22. The minimum Gasteiger partial charge on any atom is -0.476 e. The van der Waals surface area contributed by atoms with Crippen molar-refractivity contribution in [1.82, 2.24) is 0 Å². The second-order valence-electron chi connectivity index (χ2n) is 7.84. The number of nitrogens with zero attached hydrogens (tertiary/aromatic N) is 2. The molecule has 2 aliphatic rings. The van der Waals surface area contributed by atoms with Crippen molar-refractivity contribution < 1.29 is 13.9 Å². The summed E-state index contributed by atoms with van der Waals surface area (Å²) in [6, 6.07) is 8.52. The molecule has 2 aromatic rings. The number of aliphatic imine (C=N–C) groups is 2. The van der Waals surface area contributed by atoms with Crippen LogP contribution in [0.25, 0.3) is 22.9 Å². The van der Waals surface area contributed by atoms with Gasteiger partial charge in [-0.05, 0) is 11.8 Å². The Morgan fingerprint density at radius 2 is 1.26 bits per heavy atom. The number of furan rings is 1. The van der Waals surface area contributed by atoms with E-state index in [1.54, 1.807) is 0 Å². The molecule has 5 heteroatoms. The second kappa shape index (κ2) is 7.22. The van der Waals surface area contributed by atoms with Crippen LogP contribution in [-0.2, 0) is 9.47 Å². The zero-order valence-corrected chi connectivity index (χ0v) is 16.3. The molecule has 2 atom stereocenters. The van der Waals surface area contributed by atoms with E-state index in [-0.39, 0.29) is 12.1 Å². The van der Waals surface area contributed by atoms with Crippen molar-refractivity contribution in [3.8, 4) is 0 Å². The summed E-state index contributed by atoms with van der Waals surface area (Å²) in [5.41, 5.74) is 1.50. The Balaban J connectivity index is 1.77. The summed E-state index contributed by atoms with van der Waals surface area (Å²) < 4.78 is 17.6. The first-order valence-corrected chi connectivity index (χ1v) is 9.63. The molecule has 5 nitrogen and oxygen atoms in total. The molecule has 3 heterocycles. The third-order valence-electron chi connectivity index (χ3n) is 5.12. The highest BCUT2D eigenvalue weighted by atomic mass is 16.5. The first-order chi connectivity index (χ1) is 13.0. The summed E-state index contributed by atoms with van der Waals surface area (Å²) >= 11 is 0. The molecule has 27 heavy (non-hydrogen) atoms. The number of benzene rings is 1. The van der Waals surface area contributed by atoms with Gasteiger partial charge >= 0.3 is 0 Å². The van der Waals surface area contributed by atoms with Gasteiger partial charge in [0.2, 0.25) is 11.8 Å². The van der Waals surface area contributed by atoms with Gasteiger partial charge in [0.05, 0.1) is 12.1 Å². The molecular weight excluding hydrogens is 340 g/mol. The van der Waals surface area contributed by atoms with Crippen molar-refractivity contribution in [1.29, 1.82) is 0 Å². The average Bonchev–Trinajstić information content (AvgIpc) is 3.36. The number of fused-ring (bicyclic) bond motifs is 1. The Morgan fingerprint density at radius 1 is 0.815 bits per heavy atom. The average molecular weight is 366 g/mol. The van der Waals surface area contributed by atoms with Gasteiger partial charge in [0.1, 0.15) is 24.0 Å². The van der Waals surface area contributed by atoms with Gasteiger partial charge in [-0.15, -0.1) is 0 Å². The Hall–Kier alpha value is -2.56. The molecule has 142 valence electrons. The zero-order valence-electron chi connectivity index (χ0n) is 16.3. The number of hydrogen-bond donors (Lipinski definition) is 0. The summed E-state index contributed by atoms with van der Waals surface area (Å²) in [6.45, 7) is 9.88. The van der Waals surface area contributed by atoms with Crippen molar-refractivity contribution >= 4 is 34.7 Å². The van der Waals surface area contributed by atoms with E-state index in [9.17, 15) is 0 Å². The first kappa shape index (κ1) is 17.8. The van der Waals surface area contributed by atoms with Gasteiger partial charge < -0.3 is 13.9 Å². The van der Waals surface area contributed by atoms with Crippen LogP contribution in [0.4, 0.5) is 0 Å². The molecule has 0 aliphatic carbocycles. The minimum absolute atomic E-state index is 0.206. The van der Waals surface area contributed by atoms with Crippen molar-refractivity contribution in [2.75, 3.05) is 13.2 Å². The lowest BCUT2D eigenvalue weighted by molar-refractivity contribution is 0.294. The third kappa shape index (κ3) is 3.64. The summed E-state index contributed by atoms with van der Waals surface area (Å²) in [5, 5.41) is 2.06. The molecular formula is C22H26N2O3. The van der Waals surface area contributed by atoms with Gasteiger partial charge in [0, 0.05) is 22.9 Å². The van der Waals surface area contributed by atoms with E-state index in [1.807, 2.05) is 36.4 Å². The van der Waals surface area contributed by atoms with Crippen molar-refractivity contribution in [2.24, 2.45) is 21.8 Å². The minimum atomic E-state index is 0.206. The zero-order chi connectivity index (χ0) is 19.0. The lowest BCUT2D eigenvalue weighted by Gasteiger charge is -2.06. The maximum atomic E-state index is 6.15. The van der Waals surface area contributed by atoms with Gasteiger partial charge in [-0.3, -0.25) is 0 Å². The highest BCUT2D eigenvalue weighted by molar-refractivity contribution is 6.08. The fraction of sp³-hybridized carbons (Fsp3) is 0.455. The van der Waals surface area contributed by atoms with Crippen LogP contribution in [0.5, 0.6) is 0 Å². The van der Waals surface area contributed by atoms with Crippen LogP contribution < -0.4 is 10.8 Å². The molecule has 1 aromatic carbocycles. The van der Waals surface area contributed by atoms with Gasteiger partial charge in [-0.1, -0.05) is 52.0 Å². The van der Waals surface area contributed by atoms with Gasteiger partial charge in [-0.2, -0.15) is 0 Å². The summed E-state index contributed by atoms with van der Waals surface area (Å²) in [5.74, 6) is 2.18. The smallest absolute Gasteiger partial charge is 0.212 e. The fourth-order valence-corrected chi connectivity index (χ4v) is 3.24. The van der Waals surface area contributed by atoms with E-state index in [1.165, 1.54) is 0 Å². The van der Waals surface area contributed by atoms with E-state index >= 15 is 0 Å². The lowest BCUT2D eigenvalue weighted by Crippen LogP contribution is -2.13. The highest BCUT2D eigenvalue weighted by Crippen LogP contribution is 2.16. The number of ether oxygens (including phenoxy) is 2. The topological polar surface area (TPSA) is 56.3 Å². The van der Waals surface area contributed by atoms with Crippen LogP contribution in [-0.4, -0.2) is 37.1 Å². The summed E-state index contributed by atoms with van der Waals surface area (Å²) in [6.07, 6.45) is 3.77. The molecule has 2 aliphatic heterocycles. The predicted octanol–water partition coefficient (Wildman–Crippen LogP) is 2.90. The van der Waals surface area contributed by atoms with Gasteiger partial charge in [0.25, 0.3) is 0 Å². The van der Waals surface area contributed by atoms with Crippen LogP contribution in [0.2, 0.25) is 0 Å². The van der Waals surface area contributed by atoms with E-state index in [0.29, 0.717) is 36.8 Å². The van der Waals surface area contributed by atoms with Crippen molar-refractivity contribution in [2.45, 2.75) is 39.8 Å². The van der Waals surface area contributed by atoms with Crippen molar-refractivity contribution in [3.63, 3.8) is 0 Å². The number of hydrogen-bond acceptors (Lipinski definition) is 5. The lowest BCUT2D eigenvalue weighted by atomic mass is 10.1. The van der Waals surface area contributed by atoms with Gasteiger partial charge in [-0.25, -0.2) is 9.98 Å². The maximum Gasteiger partial charge on any atom is 0.212 e. The molecule has 0 bridgehead atoms. The van der Waals surface area contributed by atoms with Gasteiger partial charge in [0.15, 0.2) is 0 Å². The first-order valence-electron chi connectivity index (χ1n) is 9.63. The molecule has 0 spiro atoms. The van der Waals surface area contributed by atoms with Crippen LogP contribution in [0.1, 0.15) is 27.7 Å². The quantitative estimate of drug-likeness (QED) is 0.836. The van der Waals surface area contributed by atoms with Crippen LogP contribution in [0.3, 0.4) is 0 Å². The Morgan fingerprint density at radius 3 is 1.63 bits per heavy atom. The molecule has 0 saturated heterocycles. The Kier molecular flexibility index (Phi) is 4.77. The number of rotatable bonds is 4. The fourth-order valence-electron chi connectivity index (χ4n) is 3.24. The molecule has 0 fully saturated rings. The standard InChI is InChI=1S/C22H26N2O3/c1-13(2)17-11-25-21(23-17)9-19-15-7-5-6-8-16(15)20(27-19)10-22-24-18(12-26-22)14(3)4/h5-10,13-14,17-18H,11-12H2,1-4H3/b19-9-,20-10-/t17-,18-/m0/s1. The van der Waals surface area contributed by atoms with E-state index in [0.717, 1.165) is 21.6 Å². The molecule has 4 rings (SSSR count). The van der Waals surface area contributed by atoms with Crippen LogP contribution in [0.15, 0.2) is 38.7 Å². The van der Waals surface area contributed by atoms with E-state index < -0.39 is 0 Å². The molecule has 0 radical (unpaired) electrons. The largest absolute Gasteiger partial charge is 0.476 e. The van der Waals surface area contributed by atoms with Crippen LogP contribution in [0, 0.1) is 11.8 Å². The monoisotopic (exact) mass is 366 g/mol. The molecule has 0 unspecified atom stereocenters. The summed E-state index contributed by atoms with van der Waals surface area (Å²) in [4.78, 5) is 9.30. The van der Waals surface area contributed by atoms with Crippen LogP contribution >= 0.6 is 0 Å². The Labute approximate surface area is 159 Å². The SMILES string of the molecule is CC(C)[C@@H]1COC(/C=c2\o/c(=C\C3=N[C@H](C(C)C)CO3)c3ccccc23)=N1. The predicted molar refractivity (Wildman–Crippen MR) is 108 cm³/mol.